The van der Waals surface area contributed by atoms with Gasteiger partial charge in [-0.2, -0.15) is 0 Å². The predicted octanol–water partition coefficient (Wildman–Crippen LogP) is 0.444. The maximum atomic E-state index is 11.3. The van der Waals surface area contributed by atoms with Crippen molar-refractivity contribution >= 4 is 12.2 Å². The highest BCUT2D eigenvalue weighted by Gasteiger charge is 2.23. The van der Waals surface area contributed by atoms with Crippen molar-refractivity contribution in [2.75, 3.05) is 13.6 Å². The number of hydrogen-bond acceptors (Lipinski definition) is 2. The number of rotatable bonds is 1. The summed E-state index contributed by atoms with van der Waals surface area (Å²) >= 11 is 0. The first-order valence-electron chi connectivity index (χ1n) is 3.96. The van der Waals surface area contributed by atoms with Crippen LogP contribution < -0.4 is 0 Å². The Balaban J connectivity index is 2.63. The molecule has 1 aliphatic heterocycles. The first-order valence-corrected chi connectivity index (χ1v) is 3.96. The fraction of sp³-hybridized carbons (Fsp3) is 0.750. The Morgan fingerprint density at radius 3 is 2.91 bits per heavy atom. The summed E-state index contributed by atoms with van der Waals surface area (Å²) < 4.78 is 0. The van der Waals surface area contributed by atoms with E-state index in [-0.39, 0.29) is 11.8 Å². The van der Waals surface area contributed by atoms with Gasteiger partial charge in [-0.3, -0.25) is 4.79 Å². The molecule has 0 aromatic heterocycles. The summed E-state index contributed by atoms with van der Waals surface area (Å²) in [5.74, 6) is -0.389. The summed E-state index contributed by atoms with van der Waals surface area (Å²) in [4.78, 5) is 23.3. The van der Waals surface area contributed by atoms with E-state index in [1.54, 1.807) is 11.9 Å². The minimum Gasteiger partial charge on any atom is -0.345 e. The molecule has 1 fully saturated rings. The molecule has 1 unspecified atom stereocenters. The molecule has 0 aliphatic carbocycles. The maximum Gasteiger partial charge on any atom is 0.232 e. The van der Waals surface area contributed by atoms with E-state index in [0.29, 0.717) is 0 Å². The Morgan fingerprint density at radius 1 is 1.55 bits per heavy atom. The molecule has 3 nitrogen and oxygen atoms in total. The minimum absolute atomic E-state index is 0.0162. The van der Waals surface area contributed by atoms with Gasteiger partial charge in [-0.25, -0.2) is 0 Å². The van der Waals surface area contributed by atoms with Gasteiger partial charge in [-0.05, 0) is 12.8 Å². The smallest absolute Gasteiger partial charge is 0.232 e. The van der Waals surface area contributed by atoms with E-state index in [0.717, 1.165) is 32.1 Å². The number of aldehydes is 1. The molecule has 0 radical (unpaired) electrons. The lowest BCUT2D eigenvalue weighted by atomic mass is 10.1. The molecular formula is C8H13NO2. The second-order valence-corrected chi connectivity index (χ2v) is 3.00. The molecule has 0 N–H and O–H groups in total. The van der Waals surface area contributed by atoms with Crippen LogP contribution >= 0.6 is 0 Å². The average molecular weight is 155 g/mol. The second-order valence-electron chi connectivity index (χ2n) is 3.00. The van der Waals surface area contributed by atoms with Gasteiger partial charge in [0.15, 0.2) is 0 Å². The van der Waals surface area contributed by atoms with Crippen LogP contribution in [0.1, 0.15) is 19.3 Å². The van der Waals surface area contributed by atoms with Crippen LogP contribution in [0.25, 0.3) is 0 Å². The summed E-state index contributed by atoms with van der Waals surface area (Å²) in [5, 5.41) is 0. The van der Waals surface area contributed by atoms with Gasteiger partial charge in [0.1, 0.15) is 6.29 Å². The van der Waals surface area contributed by atoms with Crippen molar-refractivity contribution in [3.05, 3.63) is 0 Å². The number of likely N-dealkylation sites (tertiary alicyclic amines) is 1. The van der Waals surface area contributed by atoms with Crippen molar-refractivity contribution in [2.24, 2.45) is 5.92 Å². The molecule has 0 bridgehead atoms. The van der Waals surface area contributed by atoms with Crippen molar-refractivity contribution < 1.29 is 9.59 Å². The molecule has 1 atom stereocenters. The third kappa shape index (κ3) is 1.79. The van der Waals surface area contributed by atoms with Gasteiger partial charge in [0.25, 0.3) is 0 Å². The van der Waals surface area contributed by atoms with Crippen LogP contribution in [0.15, 0.2) is 0 Å². The molecule has 1 rings (SSSR count). The van der Waals surface area contributed by atoms with Gasteiger partial charge in [-0.15, -0.1) is 0 Å². The lowest BCUT2D eigenvalue weighted by Gasteiger charge is -2.15. The fourth-order valence-electron chi connectivity index (χ4n) is 1.36. The van der Waals surface area contributed by atoms with E-state index in [1.807, 2.05) is 0 Å². The molecule has 1 saturated heterocycles. The Morgan fingerprint density at radius 2 is 2.27 bits per heavy atom. The molecule has 0 saturated carbocycles. The van der Waals surface area contributed by atoms with Gasteiger partial charge in [-0.1, -0.05) is 6.42 Å². The third-order valence-electron chi connectivity index (χ3n) is 2.12. The van der Waals surface area contributed by atoms with E-state index in [1.165, 1.54) is 0 Å². The summed E-state index contributed by atoms with van der Waals surface area (Å²) in [6, 6.07) is 0. The number of amides is 1. The summed E-state index contributed by atoms with van der Waals surface area (Å²) in [6.07, 6.45) is 3.50. The van der Waals surface area contributed by atoms with Crippen LogP contribution in [0.3, 0.4) is 0 Å². The fourth-order valence-corrected chi connectivity index (χ4v) is 1.36. The van der Waals surface area contributed by atoms with Crippen LogP contribution in [0, 0.1) is 5.92 Å². The van der Waals surface area contributed by atoms with Crippen molar-refractivity contribution in [1.29, 1.82) is 0 Å². The molecule has 0 aromatic carbocycles. The maximum absolute atomic E-state index is 11.3. The Hall–Kier alpha value is -0.860. The molecule has 1 amide bonds. The standard InChI is InChI=1S/C8H13NO2/c1-9-5-3-2-4-7(6-10)8(9)11/h6-7H,2-5H2,1H3. The molecule has 0 aromatic rings. The van der Waals surface area contributed by atoms with Crippen LogP contribution in [-0.4, -0.2) is 30.7 Å². The predicted molar refractivity (Wildman–Crippen MR) is 41.0 cm³/mol. The van der Waals surface area contributed by atoms with Gasteiger partial charge in [0.2, 0.25) is 5.91 Å². The largest absolute Gasteiger partial charge is 0.345 e. The topological polar surface area (TPSA) is 37.4 Å². The number of carbonyl (C=O) groups excluding carboxylic acids is 2. The van der Waals surface area contributed by atoms with Crippen LogP contribution in [0.4, 0.5) is 0 Å². The molecule has 1 heterocycles. The quantitative estimate of drug-likeness (QED) is 0.407. The Labute approximate surface area is 66.4 Å². The van der Waals surface area contributed by atoms with Gasteiger partial charge in [0.05, 0.1) is 5.92 Å². The van der Waals surface area contributed by atoms with E-state index in [4.69, 9.17) is 0 Å². The van der Waals surface area contributed by atoms with Crippen molar-refractivity contribution in [2.45, 2.75) is 19.3 Å². The molecule has 11 heavy (non-hydrogen) atoms. The Bertz CT molecular complexity index is 167. The van der Waals surface area contributed by atoms with Crippen LogP contribution in [-0.2, 0) is 9.59 Å². The SMILES string of the molecule is CN1CCCCC(C=O)C1=O. The molecular weight excluding hydrogens is 142 g/mol. The lowest BCUT2D eigenvalue weighted by Crippen LogP contribution is -2.31. The highest BCUT2D eigenvalue weighted by Crippen LogP contribution is 2.14. The first-order chi connectivity index (χ1) is 5.25. The highest BCUT2D eigenvalue weighted by molar-refractivity contribution is 5.91. The summed E-state index contributed by atoms with van der Waals surface area (Å²) in [5.41, 5.74) is 0. The monoisotopic (exact) mass is 155 g/mol. The summed E-state index contributed by atoms with van der Waals surface area (Å²) in [6.45, 7) is 0.795. The normalized spacial score (nSPS) is 26.5. The molecule has 1 aliphatic rings. The van der Waals surface area contributed by atoms with Crippen LogP contribution in [0.5, 0.6) is 0 Å². The van der Waals surface area contributed by atoms with E-state index < -0.39 is 0 Å². The van der Waals surface area contributed by atoms with Crippen molar-refractivity contribution in [1.82, 2.24) is 4.90 Å². The zero-order valence-electron chi connectivity index (χ0n) is 6.75. The third-order valence-corrected chi connectivity index (χ3v) is 2.12. The Kier molecular flexibility index (Phi) is 2.63. The summed E-state index contributed by atoms with van der Waals surface area (Å²) in [7, 11) is 1.75. The average Bonchev–Trinajstić information content (AvgIpc) is 2.16. The van der Waals surface area contributed by atoms with Crippen molar-refractivity contribution in [3.8, 4) is 0 Å². The van der Waals surface area contributed by atoms with E-state index in [9.17, 15) is 9.59 Å². The van der Waals surface area contributed by atoms with Gasteiger partial charge < -0.3 is 9.69 Å². The lowest BCUT2D eigenvalue weighted by molar-refractivity contribution is -0.136. The minimum atomic E-state index is -0.373. The van der Waals surface area contributed by atoms with Crippen molar-refractivity contribution in [3.63, 3.8) is 0 Å². The van der Waals surface area contributed by atoms with Crippen LogP contribution in [0.2, 0.25) is 0 Å². The van der Waals surface area contributed by atoms with E-state index in [2.05, 4.69) is 0 Å². The zero-order valence-corrected chi connectivity index (χ0v) is 6.75. The number of nitrogens with zero attached hydrogens (tertiary/aromatic N) is 1. The van der Waals surface area contributed by atoms with Gasteiger partial charge in [0, 0.05) is 13.6 Å². The van der Waals surface area contributed by atoms with E-state index >= 15 is 0 Å². The zero-order chi connectivity index (χ0) is 8.27. The number of hydrogen-bond donors (Lipinski definition) is 0. The van der Waals surface area contributed by atoms with Gasteiger partial charge >= 0.3 is 0 Å². The molecule has 0 spiro atoms. The number of carbonyl (C=O) groups is 2. The highest BCUT2D eigenvalue weighted by atomic mass is 16.2. The second kappa shape index (κ2) is 3.51. The first kappa shape index (κ1) is 8.24. The molecule has 3 heteroatoms. The molecule has 62 valence electrons.